The van der Waals surface area contributed by atoms with Crippen LogP contribution in [-0.2, 0) is 0 Å². The van der Waals surface area contributed by atoms with Gasteiger partial charge in [-0.15, -0.1) is 0 Å². The number of aromatic amines is 1. The minimum absolute atomic E-state index is 1.04. The van der Waals surface area contributed by atoms with Crippen molar-refractivity contribution in [2.75, 3.05) is 10.6 Å². The molecule has 0 fully saturated rings. The second-order valence-corrected chi connectivity index (χ2v) is 2.36. The molecule has 0 bridgehead atoms. The first-order chi connectivity index (χ1) is 4.86. The zero-order valence-corrected chi connectivity index (χ0v) is 5.73. The third-order valence-electron chi connectivity index (χ3n) is 1.50. The molecular weight excluding hydrogens is 126 g/mol. The number of rotatable bonds is 0. The number of anilines is 2. The van der Waals surface area contributed by atoms with Crippen LogP contribution in [0.15, 0.2) is 18.5 Å². The van der Waals surface area contributed by atoms with Gasteiger partial charge < -0.3 is 15.6 Å². The van der Waals surface area contributed by atoms with Crippen LogP contribution in [0.1, 0.15) is 5.69 Å². The lowest BCUT2D eigenvalue weighted by molar-refractivity contribution is 1.25. The molecule has 10 heavy (non-hydrogen) atoms. The largest absolute Gasteiger partial charge is 0.357 e. The van der Waals surface area contributed by atoms with Gasteiger partial charge in [0, 0.05) is 18.1 Å². The number of H-pyrrole nitrogens is 1. The van der Waals surface area contributed by atoms with Crippen LogP contribution in [0.5, 0.6) is 0 Å². The van der Waals surface area contributed by atoms with Gasteiger partial charge in [-0.2, -0.15) is 0 Å². The van der Waals surface area contributed by atoms with Crippen LogP contribution >= 0.6 is 0 Å². The van der Waals surface area contributed by atoms with Crippen LogP contribution in [0.25, 0.3) is 0 Å². The molecule has 3 nitrogen and oxygen atoms in total. The summed E-state index contributed by atoms with van der Waals surface area (Å²) in [5, 5.41) is 6.19. The highest BCUT2D eigenvalue weighted by atomic mass is 15.1. The van der Waals surface area contributed by atoms with Crippen LogP contribution in [0.2, 0.25) is 0 Å². The number of nitrogens with one attached hydrogen (secondary N) is 3. The molecule has 1 aliphatic heterocycles. The molecule has 1 aliphatic rings. The average molecular weight is 135 g/mol. The standard InChI is InChI=1S/C7H9N3/c1-5-4-6-7(10-5)9-3-2-8-6/h2-4,8-10H,1H3. The third kappa shape index (κ3) is 0.673. The summed E-state index contributed by atoms with van der Waals surface area (Å²) in [5.41, 5.74) is 2.27. The third-order valence-corrected chi connectivity index (χ3v) is 1.50. The van der Waals surface area contributed by atoms with E-state index >= 15 is 0 Å². The Bertz CT molecular complexity index is 247. The van der Waals surface area contributed by atoms with Gasteiger partial charge >= 0.3 is 0 Å². The van der Waals surface area contributed by atoms with E-state index in [0.717, 1.165) is 17.2 Å². The van der Waals surface area contributed by atoms with E-state index in [1.165, 1.54) is 0 Å². The van der Waals surface area contributed by atoms with E-state index in [9.17, 15) is 0 Å². The van der Waals surface area contributed by atoms with Crippen molar-refractivity contribution in [3.05, 3.63) is 24.2 Å². The van der Waals surface area contributed by atoms with Gasteiger partial charge in [0.15, 0.2) is 0 Å². The number of aryl methyl sites for hydroxylation is 1. The minimum atomic E-state index is 1.04. The van der Waals surface area contributed by atoms with E-state index < -0.39 is 0 Å². The summed E-state index contributed by atoms with van der Waals surface area (Å²) in [7, 11) is 0. The van der Waals surface area contributed by atoms with Gasteiger partial charge in [-0.05, 0) is 13.0 Å². The summed E-state index contributed by atoms with van der Waals surface area (Å²) in [6.07, 6.45) is 3.73. The maximum atomic E-state index is 3.17. The van der Waals surface area contributed by atoms with Crippen molar-refractivity contribution in [1.82, 2.24) is 4.98 Å². The average Bonchev–Trinajstić information content (AvgIpc) is 2.27. The predicted octanol–water partition coefficient (Wildman–Crippen LogP) is 1.63. The highest BCUT2D eigenvalue weighted by Crippen LogP contribution is 2.23. The number of aromatic nitrogens is 1. The molecule has 0 aromatic carbocycles. The second-order valence-electron chi connectivity index (χ2n) is 2.36. The number of hydrogen-bond acceptors (Lipinski definition) is 2. The minimum Gasteiger partial charge on any atom is -0.357 e. The summed E-state index contributed by atoms with van der Waals surface area (Å²) >= 11 is 0. The summed E-state index contributed by atoms with van der Waals surface area (Å²) in [6, 6.07) is 2.06. The zero-order chi connectivity index (χ0) is 6.97. The van der Waals surface area contributed by atoms with E-state index in [4.69, 9.17) is 0 Å². The molecule has 0 saturated carbocycles. The Morgan fingerprint density at radius 3 is 2.80 bits per heavy atom. The van der Waals surface area contributed by atoms with Gasteiger partial charge in [-0.3, -0.25) is 0 Å². The summed E-state index contributed by atoms with van der Waals surface area (Å²) in [5.74, 6) is 1.04. The van der Waals surface area contributed by atoms with Crippen molar-refractivity contribution in [2.45, 2.75) is 6.92 Å². The van der Waals surface area contributed by atoms with Gasteiger partial charge in [-0.25, -0.2) is 0 Å². The van der Waals surface area contributed by atoms with E-state index in [1.54, 1.807) is 0 Å². The molecule has 0 atom stereocenters. The van der Waals surface area contributed by atoms with Gasteiger partial charge in [0.2, 0.25) is 0 Å². The zero-order valence-electron chi connectivity index (χ0n) is 5.73. The molecule has 1 aromatic rings. The monoisotopic (exact) mass is 135 g/mol. The predicted molar refractivity (Wildman–Crippen MR) is 41.9 cm³/mol. The topological polar surface area (TPSA) is 39.9 Å². The lowest BCUT2D eigenvalue weighted by Gasteiger charge is -2.07. The summed E-state index contributed by atoms with van der Waals surface area (Å²) in [4.78, 5) is 3.17. The van der Waals surface area contributed by atoms with Crippen molar-refractivity contribution in [1.29, 1.82) is 0 Å². The quantitative estimate of drug-likeness (QED) is 0.506. The molecule has 2 heterocycles. The Morgan fingerprint density at radius 2 is 2.00 bits per heavy atom. The van der Waals surface area contributed by atoms with Crippen LogP contribution in [0.3, 0.4) is 0 Å². The molecular formula is C7H9N3. The van der Waals surface area contributed by atoms with E-state index in [0.29, 0.717) is 0 Å². The molecule has 0 aliphatic carbocycles. The van der Waals surface area contributed by atoms with Crippen molar-refractivity contribution in [2.24, 2.45) is 0 Å². The first-order valence-corrected chi connectivity index (χ1v) is 3.24. The summed E-state index contributed by atoms with van der Waals surface area (Å²) < 4.78 is 0. The van der Waals surface area contributed by atoms with Crippen molar-refractivity contribution in [3.63, 3.8) is 0 Å². The Hall–Kier alpha value is -1.38. The van der Waals surface area contributed by atoms with E-state index in [2.05, 4.69) is 21.7 Å². The molecule has 3 heteroatoms. The van der Waals surface area contributed by atoms with Crippen molar-refractivity contribution in [3.8, 4) is 0 Å². The fourth-order valence-corrected chi connectivity index (χ4v) is 1.07. The second kappa shape index (κ2) is 1.80. The van der Waals surface area contributed by atoms with Gasteiger partial charge in [-0.1, -0.05) is 0 Å². The molecule has 0 radical (unpaired) electrons. The van der Waals surface area contributed by atoms with E-state index in [1.807, 2.05) is 19.3 Å². The molecule has 0 spiro atoms. The number of fused-ring (bicyclic) bond motifs is 1. The van der Waals surface area contributed by atoms with Crippen LogP contribution in [0, 0.1) is 6.92 Å². The molecule has 1 aromatic heterocycles. The van der Waals surface area contributed by atoms with Crippen LogP contribution in [-0.4, -0.2) is 4.98 Å². The SMILES string of the molecule is Cc1cc2c([nH]1)NC=CN2. The maximum absolute atomic E-state index is 3.17. The lowest BCUT2D eigenvalue weighted by atomic mass is 10.4. The molecule has 3 N–H and O–H groups in total. The molecule has 0 unspecified atom stereocenters. The maximum Gasteiger partial charge on any atom is 0.131 e. The first-order valence-electron chi connectivity index (χ1n) is 3.24. The molecule has 0 amide bonds. The first kappa shape index (κ1) is 5.41. The Balaban J connectivity index is 2.46. The molecule has 52 valence electrons. The van der Waals surface area contributed by atoms with Crippen molar-refractivity contribution < 1.29 is 0 Å². The lowest BCUT2D eigenvalue weighted by Crippen LogP contribution is -1.99. The van der Waals surface area contributed by atoms with Crippen molar-refractivity contribution >= 4 is 11.5 Å². The Kier molecular flexibility index (Phi) is 0.974. The Morgan fingerprint density at radius 1 is 1.20 bits per heavy atom. The van der Waals surface area contributed by atoms with E-state index in [-0.39, 0.29) is 0 Å². The van der Waals surface area contributed by atoms with Gasteiger partial charge in [0.25, 0.3) is 0 Å². The Labute approximate surface area is 59.1 Å². The smallest absolute Gasteiger partial charge is 0.131 e. The highest BCUT2D eigenvalue weighted by molar-refractivity contribution is 5.70. The van der Waals surface area contributed by atoms with Crippen LogP contribution < -0.4 is 10.6 Å². The normalized spacial score (nSPS) is 13.7. The molecule has 0 saturated heterocycles. The van der Waals surface area contributed by atoms with Gasteiger partial charge in [0.05, 0.1) is 5.69 Å². The highest BCUT2D eigenvalue weighted by Gasteiger charge is 2.04. The number of hydrogen-bond donors (Lipinski definition) is 3. The van der Waals surface area contributed by atoms with Crippen LogP contribution in [0.4, 0.5) is 11.5 Å². The van der Waals surface area contributed by atoms with Gasteiger partial charge in [0.1, 0.15) is 5.82 Å². The summed E-state index contributed by atoms with van der Waals surface area (Å²) in [6.45, 7) is 2.03. The fourth-order valence-electron chi connectivity index (χ4n) is 1.07. The fraction of sp³-hybridized carbons (Fsp3) is 0.143. The molecule has 2 rings (SSSR count).